The van der Waals surface area contributed by atoms with E-state index < -0.39 is 0 Å². The summed E-state index contributed by atoms with van der Waals surface area (Å²) in [5.41, 5.74) is 1.34. The summed E-state index contributed by atoms with van der Waals surface area (Å²) in [5, 5.41) is 0. The van der Waals surface area contributed by atoms with Crippen LogP contribution in [0.1, 0.15) is 37.7 Å². The van der Waals surface area contributed by atoms with Gasteiger partial charge in [0.1, 0.15) is 5.75 Å². The molecule has 2 rings (SSSR count). The highest BCUT2D eigenvalue weighted by atomic mass is 16.5. The molecule has 17 heavy (non-hydrogen) atoms. The summed E-state index contributed by atoms with van der Waals surface area (Å²) in [6, 6.07) is 9.17. The molecular weight excluding hydrogens is 210 g/mol. The van der Waals surface area contributed by atoms with Crippen LogP contribution in [-0.4, -0.2) is 25.1 Å². The second kappa shape index (κ2) is 6.06. The number of ether oxygens (including phenoxy) is 1. The number of hydrogen-bond donors (Lipinski definition) is 0. The van der Waals surface area contributed by atoms with E-state index in [-0.39, 0.29) is 0 Å². The van der Waals surface area contributed by atoms with Gasteiger partial charge in [-0.05, 0) is 37.6 Å². The average Bonchev–Trinajstić information content (AvgIpc) is 2.40. The number of hydrogen-bond acceptors (Lipinski definition) is 2. The first-order valence-corrected chi connectivity index (χ1v) is 6.63. The first-order chi connectivity index (χ1) is 8.29. The molecule has 0 amide bonds. The molecule has 0 radical (unpaired) electrons. The summed E-state index contributed by atoms with van der Waals surface area (Å²) < 4.78 is 5.26. The molecule has 0 heterocycles. The molecule has 1 aliphatic carbocycles. The Morgan fingerprint density at radius 1 is 1.24 bits per heavy atom. The van der Waals surface area contributed by atoms with Crippen molar-refractivity contribution in [1.82, 2.24) is 4.90 Å². The Morgan fingerprint density at radius 2 is 2.00 bits per heavy atom. The van der Waals surface area contributed by atoms with E-state index in [0.717, 1.165) is 18.3 Å². The van der Waals surface area contributed by atoms with Crippen LogP contribution in [-0.2, 0) is 6.54 Å². The summed E-state index contributed by atoms with van der Waals surface area (Å²) >= 11 is 0. The van der Waals surface area contributed by atoms with Gasteiger partial charge in [-0.15, -0.1) is 0 Å². The van der Waals surface area contributed by atoms with Crippen molar-refractivity contribution in [2.24, 2.45) is 0 Å². The second-order valence-electron chi connectivity index (χ2n) is 5.06. The SMILES string of the molecule is COc1cccc(CN(C)C2CCCCC2)c1. The highest BCUT2D eigenvalue weighted by molar-refractivity contribution is 5.28. The van der Waals surface area contributed by atoms with Gasteiger partial charge in [0.2, 0.25) is 0 Å². The Hall–Kier alpha value is -1.02. The predicted octanol–water partition coefficient (Wildman–Crippen LogP) is 3.46. The molecule has 1 aromatic rings. The van der Waals surface area contributed by atoms with Crippen molar-refractivity contribution in [3.63, 3.8) is 0 Å². The zero-order chi connectivity index (χ0) is 12.1. The topological polar surface area (TPSA) is 12.5 Å². The van der Waals surface area contributed by atoms with Crippen molar-refractivity contribution in [2.45, 2.75) is 44.7 Å². The van der Waals surface area contributed by atoms with Gasteiger partial charge in [0, 0.05) is 12.6 Å². The first kappa shape index (κ1) is 12.4. The zero-order valence-electron chi connectivity index (χ0n) is 11.0. The van der Waals surface area contributed by atoms with Gasteiger partial charge < -0.3 is 4.74 Å². The Morgan fingerprint density at radius 3 is 2.71 bits per heavy atom. The van der Waals surface area contributed by atoms with E-state index in [4.69, 9.17) is 4.74 Å². The molecule has 0 atom stereocenters. The maximum Gasteiger partial charge on any atom is 0.119 e. The number of methoxy groups -OCH3 is 1. The van der Waals surface area contributed by atoms with Crippen molar-refractivity contribution in [1.29, 1.82) is 0 Å². The van der Waals surface area contributed by atoms with Crippen LogP contribution < -0.4 is 4.74 Å². The summed E-state index contributed by atoms with van der Waals surface area (Å²) in [6.45, 7) is 1.03. The van der Waals surface area contributed by atoms with Gasteiger partial charge in [0.05, 0.1) is 7.11 Å². The summed E-state index contributed by atoms with van der Waals surface area (Å²) in [4.78, 5) is 2.49. The van der Waals surface area contributed by atoms with Crippen LogP contribution >= 0.6 is 0 Å². The third-order valence-corrected chi connectivity index (χ3v) is 3.76. The third kappa shape index (κ3) is 3.47. The zero-order valence-corrected chi connectivity index (χ0v) is 11.0. The lowest BCUT2D eigenvalue weighted by Gasteiger charge is -2.31. The van der Waals surface area contributed by atoms with Crippen molar-refractivity contribution < 1.29 is 4.74 Å². The standard InChI is InChI=1S/C15H23NO/c1-16(14-8-4-3-5-9-14)12-13-7-6-10-15(11-13)17-2/h6-7,10-11,14H,3-5,8-9,12H2,1-2H3. The molecule has 2 heteroatoms. The molecule has 2 nitrogen and oxygen atoms in total. The fraction of sp³-hybridized carbons (Fsp3) is 0.600. The molecule has 1 aliphatic rings. The molecule has 0 N–H and O–H groups in total. The quantitative estimate of drug-likeness (QED) is 0.789. The van der Waals surface area contributed by atoms with Gasteiger partial charge in [0.25, 0.3) is 0 Å². The molecule has 0 aromatic heterocycles. The van der Waals surface area contributed by atoms with E-state index in [0.29, 0.717) is 0 Å². The number of rotatable bonds is 4. The van der Waals surface area contributed by atoms with Crippen LogP contribution in [0.4, 0.5) is 0 Å². The minimum atomic E-state index is 0.773. The normalized spacial score (nSPS) is 17.4. The van der Waals surface area contributed by atoms with Crippen LogP contribution in [0.25, 0.3) is 0 Å². The molecular formula is C15H23NO. The minimum Gasteiger partial charge on any atom is -0.497 e. The van der Waals surface area contributed by atoms with Gasteiger partial charge in [-0.3, -0.25) is 4.90 Å². The van der Waals surface area contributed by atoms with Gasteiger partial charge >= 0.3 is 0 Å². The summed E-state index contributed by atoms with van der Waals surface area (Å²) in [5.74, 6) is 0.958. The maximum absolute atomic E-state index is 5.26. The van der Waals surface area contributed by atoms with Crippen LogP contribution in [0.3, 0.4) is 0 Å². The average molecular weight is 233 g/mol. The molecule has 0 unspecified atom stereocenters. The Bertz CT molecular complexity index is 345. The van der Waals surface area contributed by atoms with Crippen LogP contribution in [0, 0.1) is 0 Å². The molecule has 0 spiro atoms. The molecule has 1 fully saturated rings. The molecule has 0 bridgehead atoms. The Labute approximate surface area is 105 Å². The Kier molecular flexibility index (Phi) is 4.43. The van der Waals surface area contributed by atoms with Gasteiger partial charge in [0.15, 0.2) is 0 Å². The van der Waals surface area contributed by atoms with Crippen molar-refractivity contribution in [2.75, 3.05) is 14.2 Å². The lowest BCUT2D eigenvalue weighted by molar-refractivity contribution is 0.184. The molecule has 0 aliphatic heterocycles. The van der Waals surface area contributed by atoms with Crippen LogP contribution in [0.5, 0.6) is 5.75 Å². The van der Waals surface area contributed by atoms with Crippen LogP contribution in [0.15, 0.2) is 24.3 Å². The monoisotopic (exact) mass is 233 g/mol. The second-order valence-corrected chi connectivity index (χ2v) is 5.06. The Balaban J connectivity index is 1.94. The predicted molar refractivity (Wildman–Crippen MR) is 71.3 cm³/mol. The first-order valence-electron chi connectivity index (χ1n) is 6.63. The molecule has 1 aromatic carbocycles. The van der Waals surface area contributed by atoms with Gasteiger partial charge in [-0.1, -0.05) is 31.4 Å². The van der Waals surface area contributed by atoms with Gasteiger partial charge in [-0.25, -0.2) is 0 Å². The van der Waals surface area contributed by atoms with Crippen LogP contribution in [0.2, 0.25) is 0 Å². The van der Waals surface area contributed by atoms with E-state index in [1.807, 2.05) is 6.07 Å². The van der Waals surface area contributed by atoms with E-state index in [1.54, 1.807) is 7.11 Å². The lowest BCUT2D eigenvalue weighted by Crippen LogP contribution is -2.32. The van der Waals surface area contributed by atoms with E-state index in [9.17, 15) is 0 Å². The molecule has 94 valence electrons. The smallest absolute Gasteiger partial charge is 0.119 e. The van der Waals surface area contributed by atoms with Crippen molar-refractivity contribution in [3.8, 4) is 5.75 Å². The minimum absolute atomic E-state index is 0.773. The molecule has 0 saturated heterocycles. The van der Waals surface area contributed by atoms with E-state index >= 15 is 0 Å². The van der Waals surface area contributed by atoms with Crippen molar-refractivity contribution in [3.05, 3.63) is 29.8 Å². The van der Waals surface area contributed by atoms with Gasteiger partial charge in [-0.2, -0.15) is 0 Å². The number of benzene rings is 1. The fourth-order valence-corrected chi connectivity index (χ4v) is 2.71. The van der Waals surface area contributed by atoms with E-state index in [1.165, 1.54) is 37.7 Å². The van der Waals surface area contributed by atoms with Crippen molar-refractivity contribution >= 4 is 0 Å². The largest absolute Gasteiger partial charge is 0.497 e. The highest BCUT2D eigenvalue weighted by Gasteiger charge is 2.17. The summed E-state index contributed by atoms with van der Waals surface area (Å²) in [6.07, 6.45) is 6.94. The number of nitrogens with zero attached hydrogens (tertiary/aromatic N) is 1. The highest BCUT2D eigenvalue weighted by Crippen LogP contribution is 2.23. The third-order valence-electron chi connectivity index (χ3n) is 3.76. The lowest BCUT2D eigenvalue weighted by atomic mass is 9.94. The fourth-order valence-electron chi connectivity index (χ4n) is 2.71. The van der Waals surface area contributed by atoms with E-state index in [2.05, 4.69) is 30.1 Å². The summed E-state index contributed by atoms with van der Waals surface area (Å²) in [7, 11) is 3.97. The molecule has 1 saturated carbocycles. The maximum atomic E-state index is 5.26.